The zero-order valence-electron chi connectivity index (χ0n) is 13.6. The average molecular weight is 342 g/mol. The van der Waals surface area contributed by atoms with E-state index in [2.05, 4.69) is 5.32 Å². The molecule has 2 aromatic rings. The van der Waals surface area contributed by atoms with Crippen molar-refractivity contribution in [3.8, 4) is 0 Å². The van der Waals surface area contributed by atoms with Gasteiger partial charge in [0, 0.05) is 10.9 Å². The second-order valence-corrected chi connectivity index (χ2v) is 6.68. The summed E-state index contributed by atoms with van der Waals surface area (Å²) in [6.45, 7) is -0.106. The van der Waals surface area contributed by atoms with Crippen LogP contribution in [0.15, 0.2) is 28.7 Å². The lowest BCUT2D eigenvalue weighted by Crippen LogP contribution is -2.48. The Hall–Kier alpha value is -2.83. The highest BCUT2D eigenvalue weighted by atomic mass is 16.4. The van der Waals surface area contributed by atoms with E-state index in [9.17, 15) is 19.5 Å². The Labute approximate surface area is 143 Å². The number of carboxylic acid groups (broad SMARTS) is 1. The van der Waals surface area contributed by atoms with E-state index in [1.807, 2.05) is 0 Å². The lowest BCUT2D eigenvalue weighted by atomic mass is 9.82. The number of imide groups is 1. The number of furan rings is 1. The van der Waals surface area contributed by atoms with Gasteiger partial charge in [0.25, 0.3) is 5.91 Å². The van der Waals surface area contributed by atoms with E-state index in [1.165, 1.54) is 0 Å². The van der Waals surface area contributed by atoms with E-state index in [0.717, 1.165) is 24.2 Å². The first-order chi connectivity index (χ1) is 12.0. The SMILES string of the molecule is O=C(O)c1oc2ccccc2c1CN1C(=O)NC2(CCCCC2)C1=O. The van der Waals surface area contributed by atoms with E-state index < -0.39 is 17.5 Å². The molecule has 1 saturated heterocycles. The Balaban J connectivity index is 1.72. The number of urea groups is 1. The van der Waals surface area contributed by atoms with Crippen LogP contribution in [-0.4, -0.2) is 33.5 Å². The van der Waals surface area contributed by atoms with E-state index in [0.29, 0.717) is 29.4 Å². The highest BCUT2D eigenvalue weighted by molar-refractivity contribution is 6.07. The third-order valence-corrected chi connectivity index (χ3v) is 5.16. The number of rotatable bonds is 3. The Bertz CT molecular complexity index is 879. The van der Waals surface area contributed by atoms with Crippen LogP contribution >= 0.6 is 0 Å². The number of carbonyl (C=O) groups excluding carboxylic acids is 2. The maximum Gasteiger partial charge on any atom is 0.372 e. The Morgan fingerprint density at radius 1 is 1.20 bits per heavy atom. The van der Waals surface area contributed by atoms with Crippen molar-refractivity contribution >= 4 is 28.9 Å². The van der Waals surface area contributed by atoms with Gasteiger partial charge in [-0.15, -0.1) is 0 Å². The molecular weight excluding hydrogens is 324 g/mol. The Morgan fingerprint density at radius 2 is 1.92 bits per heavy atom. The molecule has 1 aromatic heterocycles. The molecule has 1 aliphatic heterocycles. The number of hydrogen-bond donors (Lipinski definition) is 2. The predicted octanol–water partition coefficient (Wildman–Crippen LogP) is 2.89. The summed E-state index contributed by atoms with van der Waals surface area (Å²) in [7, 11) is 0. The zero-order valence-corrected chi connectivity index (χ0v) is 13.6. The summed E-state index contributed by atoms with van der Waals surface area (Å²) in [6, 6.07) is 6.44. The third kappa shape index (κ3) is 2.38. The number of fused-ring (bicyclic) bond motifs is 1. The van der Waals surface area contributed by atoms with Gasteiger partial charge in [0.1, 0.15) is 11.1 Å². The molecule has 0 atom stereocenters. The van der Waals surface area contributed by atoms with Crippen molar-refractivity contribution in [1.82, 2.24) is 10.2 Å². The highest BCUT2D eigenvalue weighted by Gasteiger charge is 2.51. The molecule has 0 radical (unpaired) electrons. The van der Waals surface area contributed by atoms with Crippen molar-refractivity contribution in [2.45, 2.75) is 44.2 Å². The zero-order chi connectivity index (χ0) is 17.6. The molecule has 0 unspecified atom stereocenters. The van der Waals surface area contributed by atoms with Gasteiger partial charge in [-0.05, 0) is 18.9 Å². The van der Waals surface area contributed by atoms with Gasteiger partial charge in [0.2, 0.25) is 5.76 Å². The number of amides is 3. The number of hydrogen-bond acceptors (Lipinski definition) is 4. The van der Waals surface area contributed by atoms with Crippen molar-refractivity contribution in [2.75, 3.05) is 0 Å². The van der Waals surface area contributed by atoms with E-state index in [1.54, 1.807) is 24.3 Å². The van der Waals surface area contributed by atoms with Crippen molar-refractivity contribution in [2.24, 2.45) is 0 Å². The minimum atomic E-state index is -1.22. The molecule has 0 bridgehead atoms. The topological polar surface area (TPSA) is 99.8 Å². The van der Waals surface area contributed by atoms with Crippen LogP contribution in [0.1, 0.15) is 48.2 Å². The molecule has 3 amide bonds. The molecule has 1 spiro atoms. The van der Waals surface area contributed by atoms with Crippen molar-refractivity contribution in [3.63, 3.8) is 0 Å². The van der Waals surface area contributed by atoms with Gasteiger partial charge in [-0.2, -0.15) is 0 Å². The minimum absolute atomic E-state index is 0.106. The quantitative estimate of drug-likeness (QED) is 0.836. The lowest BCUT2D eigenvalue weighted by Gasteiger charge is -2.30. The molecule has 2 aliphatic rings. The van der Waals surface area contributed by atoms with Crippen molar-refractivity contribution in [1.29, 1.82) is 0 Å². The van der Waals surface area contributed by atoms with Crippen molar-refractivity contribution < 1.29 is 23.9 Å². The fourth-order valence-electron chi connectivity index (χ4n) is 3.90. The Morgan fingerprint density at radius 3 is 2.64 bits per heavy atom. The molecule has 7 nitrogen and oxygen atoms in total. The van der Waals surface area contributed by atoms with Crippen LogP contribution in [0.25, 0.3) is 11.0 Å². The van der Waals surface area contributed by atoms with Gasteiger partial charge in [-0.1, -0.05) is 37.5 Å². The number of benzene rings is 1. The number of carbonyl (C=O) groups is 3. The maximum atomic E-state index is 12.9. The molecule has 130 valence electrons. The summed E-state index contributed by atoms with van der Waals surface area (Å²) in [4.78, 5) is 38.0. The second kappa shape index (κ2) is 5.61. The van der Waals surface area contributed by atoms with Crippen LogP contribution < -0.4 is 5.32 Å². The summed E-state index contributed by atoms with van der Waals surface area (Å²) in [5.41, 5.74) is -0.0491. The Kier molecular flexibility index (Phi) is 3.52. The number of nitrogens with one attached hydrogen (secondary N) is 1. The molecule has 1 aliphatic carbocycles. The van der Waals surface area contributed by atoms with Crippen LogP contribution in [0, 0.1) is 0 Å². The van der Waals surface area contributed by atoms with Crippen LogP contribution in [0.2, 0.25) is 0 Å². The standard InChI is InChI=1S/C18H18N2O5/c21-15(22)14-12(11-6-2-3-7-13(11)25-14)10-20-16(23)18(19-17(20)24)8-4-1-5-9-18/h2-3,6-7H,1,4-5,8-10H2,(H,19,24)(H,21,22). The molecule has 4 rings (SSSR count). The highest BCUT2D eigenvalue weighted by Crippen LogP contribution is 2.35. The first-order valence-corrected chi connectivity index (χ1v) is 8.40. The first-order valence-electron chi connectivity index (χ1n) is 8.40. The summed E-state index contributed by atoms with van der Waals surface area (Å²) in [6.07, 6.45) is 4.11. The first kappa shape index (κ1) is 15.7. The van der Waals surface area contributed by atoms with Gasteiger partial charge in [-0.25, -0.2) is 9.59 Å². The predicted molar refractivity (Wildman–Crippen MR) is 88.1 cm³/mol. The maximum absolute atomic E-state index is 12.9. The normalized spacial score (nSPS) is 19.6. The summed E-state index contributed by atoms with van der Waals surface area (Å²) in [5, 5.41) is 12.9. The lowest BCUT2D eigenvalue weighted by molar-refractivity contribution is -0.132. The van der Waals surface area contributed by atoms with Crippen molar-refractivity contribution in [3.05, 3.63) is 35.6 Å². The largest absolute Gasteiger partial charge is 0.475 e. The monoisotopic (exact) mass is 342 g/mol. The molecule has 25 heavy (non-hydrogen) atoms. The number of carboxylic acids is 1. The van der Waals surface area contributed by atoms with E-state index in [-0.39, 0.29) is 18.2 Å². The fourth-order valence-corrected chi connectivity index (χ4v) is 3.90. The van der Waals surface area contributed by atoms with E-state index in [4.69, 9.17) is 4.42 Å². The van der Waals surface area contributed by atoms with Gasteiger partial charge in [0.15, 0.2) is 0 Å². The van der Waals surface area contributed by atoms with Crippen LogP contribution in [-0.2, 0) is 11.3 Å². The molecule has 1 aromatic carbocycles. The smallest absolute Gasteiger partial charge is 0.372 e. The number of para-hydroxylation sites is 1. The van der Waals surface area contributed by atoms with Gasteiger partial charge < -0.3 is 14.8 Å². The van der Waals surface area contributed by atoms with Gasteiger partial charge >= 0.3 is 12.0 Å². The summed E-state index contributed by atoms with van der Waals surface area (Å²) in [5.74, 6) is -1.71. The summed E-state index contributed by atoms with van der Waals surface area (Å²) >= 11 is 0. The van der Waals surface area contributed by atoms with Crippen LogP contribution in [0.5, 0.6) is 0 Å². The van der Waals surface area contributed by atoms with Gasteiger partial charge in [-0.3, -0.25) is 9.69 Å². The minimum Gasteiger partial charge on any atom is -0.475 e. The molecule has 2 N–H and O–H groups in total. The van der Waals surface area contributed by atoms with Crippen LogP contribution in [0.3, 0.4) is 0 Å². The number of nitrogens with zero attached hydrogens (tertiary/aromatic N) is 1. The molecule has 1 saturated carbocycles. The molecule has 7 heteroatoms. The molecule has 2 heterocycles. The van der Waals surface area contributed by atoms with E-state index >= 15 is 0 Å². The molecular formula is C18H18N2O5. The second-order valence-electron chi connectivity index (χ2n) is 6.68. The van der Waals surface area contributed by atoms with Crippen LogP contribution in [0.4, 0.5) is 4.79 Å². The summed E-state index contributed by atoms with van der Waals surface area (Å²) < 4.78 is 5.41. The average Bonchev–Trinajstić information content (AvgIpc) is 3.08. The van der Waals surface area contributed by atoms with Gasteiger partial charge in [0.05, 0.1) is 6.54 Å². The third-order valence-electron chi connectivity index (χ3n) is 5.16. The fraction of sp³-hybridized carbons (Fsp3) is 0.389. The number of aromatic carboxylic acids is 1. The molecule has 2 fully saturated rings.